The Morgan fingerprint density at radius 2 is 2.24 bits per heavy atom. The zero-order valence-corrected chi connectivity index (χ0v) is 12.5. The van der Waals surface area contributed by atoms with Crippen molar-refractivity contribution in [3.05, 3.63) is 23.8 Å². The molecule has 0 aliphatic carbocycles. The number of carbonyl (C=O) groups is 1. The number of fused-ring (bicyclic) bond motifs is 1. The second-order valence-electron chi connectivity index (χ2n) is 4.69. The molecule has 3 rings (SSSR count). The predicted octanol–water partition coefficient (Wildman–Crippen LogP) is 0.574. The van der Waals surface area contributed by atoms with Crippen molar-refractivity contribution in [2.24, 2.45) is 5.10 Å². The predicted molar refractivity (Wildman–Crippen MR) is 80.0 cm³/mol. The maximum atomic E-state index is 11.8. The highest BCUT2D eigenvalue weighted by atomic mass is 32.2. The van der Waals surface area contributed by atoms with Crippen molar-refractivity contribution in [2.45, 2.75) is 18.6 Å². The molecule has 0 radical (unpaired) electrons. The Kier molecular flexibility index (Phi) is 3.64. The molecule has 112 valence electrons. The van der Waals surface area contributed by atoms with E-state index < -0.39 is 5.12 Å². The molecule has 8 heteroatoms. The zero-order chi connectivity index (χ0) is 14.9. The monoisotopic (exact) mass is 308 g/mol. The summed E-state index contributed by atoms with van der Waals surface area (Å²) in [6.45, 7) is 2.45. The second kappa shape index (κ2) is 5.45. The zero-order valence-electron chi connectivity index (χ0n) is 11.7. The van der Waals surface area contributed by atoms with Crippen molar-refractivity contribution >= 4 is 23.4 Å². The number of rotatable bonds is 4. The third-order valence-electron chi connectivity index (χ3n) is 3.28. The lowest BCUT2D eigenvalue weighted by Crippen LogP contribution is -2.67. The van der Waals surface area contributed by atoms with Crippen molar-refractivity contribution in [1.82, 2.24) is 16.1 Å². The van der Waals surface area contributed by atoms with Crippen molar-refractivity contribution in [1.29, 1.82) is 0 Å². The van der Waals surface area contributed by atoms with Crippen LogP contribution in [0.4, 0.5) is 0 Å². The van der Waals surface area contributed by atoms with Crippen LogP contribution in [0.5, 0.6) is 11.5 Å². The van der Waals surface area contributed by atoms with E-state index in [1.54, 1.807) is 6.92 Å². The molecule has 7 nitrogen and oxygen atoms in total. The molecule has 0 aromatic heterocycles. The Morgan fingerprint density at radius 3 is 3.00 bits per heavy atom. The summed E-state index contributed by atoms with van der Waals surface area (Å²) in [5.74, 6) is 1.30. The maximum absolute atomic E-state index is 11.8. The fraction of sp³-hybridized carbons (Fsp3) is 0.385. The van der Waals surface area contributed by atoms with Crippen molar-refractivity contribution in [3.63, 3.8) is 0 Å². The lowest BCUT2D eigenvalue weighted by molar-refractivity contribution is -0.117. The second-order valence-corrected chi connectivity index (χ2v) is 5.71. The minimum absolute atomic E-state index is 0.193. The number of carbonyl (C=O) groups excluding carboxylic acids is 1. The molecule has 0 saturated carbocycles. The van der Waals surface area contributed by atoms with Gasteiger partial charge in [-0.3, -0.25) is 15.5 Å². The van der Waals surface area contributed by atoms with Gasteiger partial charge in [-0.15, -0.1) is 0 Å². The van der Waals surface area contributed by atoms with E-state index in [2.05, 4.69) is 21.2 Å². The van der Waals surface area contributed by atoms with Gasteiger partial charge in [-0.2, -0.15) is 5.10 Å². The maximum Gasteiger partial charge on any atom is 0.270 e. The molecule has 2 aliphatic rings. The number of ether oxygens (including phenoxy) is 2. The molecule has 1 amide bonds. The Labute approximate surface area is 126 Å². The van der Waals surface area contributed by atoms with E-state index in [4.69, 9.17) is 9.47 Å². The molecule has 1 aromatic rings. The van der Waals surface area contributed by atoms with Crippen LogP contribution in [0.1, 0.15) is 12.5 Å². The van der Waals surface area contributed by atoms with Crippen LogP contribution in [0.3, 0.4) is 0 Å². The van der Waals surface area contributed by atoms with Crippen LogP contribution in [0.15, 0.2) is 23.3 Å². The van der Waals surface area contributed by atoms with E-state index in [9.17, 15) is 4.79 Å². The molecule has 2 heterocycles. The van der Waals surface area contributed by atoms with Crippen LogP contribution < -0.4 is 25.5 Å². The number of hydrogen-bond acceptors (Lipinski definition) is 7. The van der Waals surface area contributed by atoms with Gasteiger partial charge in [0, 0.05) is 6.54 Å². The minimum Gasteiger partial charge on any atom is -0.454 e. The van der Waals surface area contributed by atoms with Gasteiger partial charge in [0.15, 0.2) is 11.5 Å². The summed E-state index contributed by atoms with van der Waals surface area (Å²) in [4.78, 5) is 11.8. The number of benzene rings is 1. The highest BCUT2D eigenvalue weighted by molar-refractivity contribution is 7.99. The number of thioether (sulfide) groups is 1. The fourth-order valence-corrected chi connectivity index (χ4v) is 2.57. The standard InChI is InChI=1S/C13H16N4O3S/c1-8-12(18)15-13(21-2,17-16-8)14-6-9-3-4-10-11(5-9)20-7-19-10/h3-5,14,17H,6-7H2,1-2H3,(H,15,18). The van der Waals surface area contributed by atoms with E-state index in [1.165, 1.54) is 11.8 Å². The van der Waals surface area contributed by atoms with E-state index in [0.717, 1.165) is 17.1 Å². The van der Waals surface area contributed by atoms with E-state index >= 15 is 0 Å². The summed E-state index contributed by atoms with van der Waals surface area (Å²) in [5.41, 5.74) is 4.37. The van der Waals surface area contributed by atoms with Crippen LogP contribution in [0.25, 0.3) is 0 Å². The summed E-state index contributed by atoms with van der Waals surface area (Å²) in [5, 5.41) is 9.35. The smallest absolute Gasteiger partial charge is 0.270 e. The lowest BCUT2D eigenvalue weighted by Gasteiger charge is -2.36. The van der Waals surface area contributed by atoms with Crippen molar-refractivity contribution in [3.8, 4) is 11.5 Å². The third-order valence-corrected chi connectivity index (χ3v) is 4.23. The molecule has 0 spiro atoms. The number of hydrogen-bond donors (Lipinski definition) is 3. The van der Waals surface area contributed by atoms with Gasteiger partial charge in [-0.05, 0) is 30.9 Å². The first kappa shape index (κ1) is 14.0. The first-order chi connectivity index (χ1) is 10.1. The lowest BCUT2D eigenvalue weighted by atomic mass is 10.2. The van der Waals surface area contributed by atoms with Gasteiger partial charge in [0.05, 0.1) is 0 Å². The average Bonchev–Trinajstić information content (AvgIpc) is 2.96. The van der Waals surface area contributed by atoms with E-state index in [-0.39, 0.29) is 12.7 Å². The molecule has 0 bridgehead atoms. The van der Waals surface area contributed by atoms with Crippen LogP contribution in [-0.4, -0.2) is 29.8 Å². The molecule has 1 aromatic carbocycles. The number of nitrogens with zero attached hydrogens (tertiary/aromatic N) is 1. The van der Waals surface area contributed by atoms with Crippen LogP contribution >= 0.6 is 11.8 Å². The molecule has 3 N–H and O–H groups in total. The normalized spacial score (nSPS) is 23.3. The van der Waals surface area contributed by atoms with E-state index in [0.29, 0.717) is 12.3 Å². The van der Waals surface area contributed by atoms with Gasteiger partial charge in [0.1, 0.15) is 5.71 Å². The summed E-state index contributed by atoms with van der Waals surface area (Å²) < 4.78 is 10.6. The molecule has 0 fully saturated rings. The summed E-state index contributed by atoms with van der Waals surface area (Å²) in [7, 11) is 0. The average molecular weight is 308 g/mol. The molecular formula is C13H16N4O3S. The fourth-order valence-electron chi connectivity index (χ4n) is 2.02. The van der Waals surface area contributed by atoms with Gasteiger partial charge in [-0.1, -0.05) is 17.8 Å². The summed E-state index contributed by atoms with van der Waals surface area (Å²) in [6.07, 6.45) is 1.89. The van der Waals surface area contributed by atoms with Gasteiger partial charge < -0.3 is 14.8 Å². The highest BCUT2D eigenvalue weighted by Crippen LogP contribution is 2.32. The highest BCUT2D eigenvalue weighted by Gasteiger charge is 2.34. The topological polar surface area (TPSA) is 84.0 Å². The van der Waals surface area contributed by atoms with Gasteiger partial charge >= 0.3 is 0 Å². The Hall–Kier alpha value is -1.93. The van der Waals surface area contributed by atoms with Gasteiger partial charge in [0.25, 0.3) is 5.91 Å². The molecule has 1 atom stereocenters. The Morgan fingerprint density at radius 1 is 1.43 bits per heavy atom. The minimum atomic E-state index is -0.813. The number of nitrogens with one attached hydrogen (secondary N) is 3. The van der Waals surface area contributed by atoms with E-state index in [1.807, 2.05) is 24.5 Å². The SMILES string of the molecule is CSC1(NCc2ccc3c(c2)OCO3)NN=C(C)C(=O)N1. The quantitative estimate of drug-likeness (QED) is 0.706. The third kappa shape index (κ3) is 2.77. The summed E-state index contributed by atoms with van der Waals surface area (Å²) in [6, 6.07) is 5.75. The molecule has 21 heavy (non-hydrogen) atoms. The molecule has 0 saturated heterocycles. The summed E-state index contributed by atoms with van der Waals surface area (Å²) >= 11 is 1.43. The van der Waals surface area contributed by atoms with Gasteiger partial charge in [0.2, 0.25) is 11.9 Å². The van der Waals surface area contributed by atoms with Crippen LogP contribution in [-0.2, 0) is 11.3 Å². The Balaban J connectivity index is 1.70. The molecular weight excluding hydrogens is 292 g/mol. The van der Waals surface area contributed by atoms with Crippen molar-refractivity contribution in [2.75, 3.05) is 13.0 Å². The van der Waals surface area contributed by atoms with Crippen LogP contribution in [0, 0.1) is 0 Å². The largest absolute Gasteiger partial charge is 0.454 e. The first-order valence-electron chi connectivity index (χ1n) is 6.44. The van der Waals surface area contributed by atoms with Crippen molar-refractivity contribution < 1.29 is 14.3 Å². The molecule has 1 unspecified atom stereocenters. The Bertz CT molecular complexity index is 607. The molecule has 2 aliphatic heterocycles. The number of amides is 1. The first-order valence-corrected chi connectivity index (χ1v) is 7.67. The van der Waals surface area contributed by atoms with Crippen LogP contribution in [0.2, 0.25) is 0 Å². The van der Waals surface area contributed by atoms with Gasteiger partial charge in [-0.25, -0.2) is 0 Å². The number of hydrazone groups is 1.